The van der Waals surface area contributed by atoms with Gasteiger partial charge in [0.1, 0.15) is 28.2 Å². The van der Waals surface area contributed by atoms with E-state index in [0.29, 0.717) is 27.6 Å². The van der Waals surface area contributed by atoms with Gasteiger partial charge < -0.3 is 13.7 Å². The van der Waals surface area contributed by atoms with Crippen LogP contribution in [0.3, 0.4) is 0 Å². The van der Waals surface area contributed by atoms with Crippen molar-refractivity contribution in [3.63, 3.8) is 0 Å². The molecule has 4 heterocycles. The van der Waals surface area contributed by atoms with Gasteiger partial charge in [-0.15, -0.1) is 26.6 Å². The maximum Gasteiger partial charge on any atom is 0.351 e. The zero-order chi connectivity index (χ0) is 21.2. The maximum absolute atomic E-state index is 12.5. The minimum absolute atomic E-state index is 0.142. The first-order valence-electron chi connectivity index (χ1n) is 9.03. The largest absolute Gasteiger partial charge is 0.451 e. The highest BCUT2D eigenvalue weighted by Crippen LogP contribution is 2.33. The molecule has 1 aromatic carbocycles. The number of esters is 1. The summed E-state index contributed by atoms with van der Waals surface area (Å²) >= 11 is 1.22. The molecule has 0 aliphatic carbocycles. The van der Waals surface area contributed by atoms with Crippen molar-refractivity contribution in [2.45, 2.75) is 13.5 Å². The molecule has 5 aromatic rings. The molecule has 4 aromatic heterocycles. The van der Waals surface area contributed by atoms with Crippen molar-refractivity contribution < 1.29 is 18.5 Å². The van der Waals surface area contributed by atoms with Crippen LogP contribution in [0.15, 0.2) is 57.0 Å². The summed E-state index contributed by atoms with van der Waals surface area (Å²) in [4.78, 5) is 12.9. The molecule has 0 amide bonds. The van der Waals surface area contributed by atoms with Crippen LogP contribution in [0.1, 0.15) is 21.3 Å². The van der Waals surface area contributed by atoms with Crippen LogP contribution in [-0.4, -0.2) is 41.5 Å². The third-order valence-corrected chi connectivity index (χ3v) is 5.23. The van der Waals surface area contributed by atoms with Crippen molar-refractivity contribution in [3.8, 4) is 28.4 Å². The van der Waals surface area contributed by atoms with E-state index in [1.54, 1.807) is 18.4 Å². The second kappa shape index (κ2) is 7.91. The number of aromatic nitrogens is 7. The van der Waals surface area contributed by atoms with Crippen molar-refractivity contribution in [2.24, 2.45) is 0 Å². The first kappa shape index (κ1) is 18.8. The van der Waals surface area contributed by atoms with E-state index in [-0.39, 0.29) is 18.4 Å². The summed E-state index contributed by atoms with van der Waals surface area (Å²) in [5, 5.41) is 24.8. The van der Waals surface area contributed by atoms with E-state index in [1.165, 1.54) is 22.3 Å². The molecule has 31 heavy (non-hydrogen) atoms. The molecule has 0 aliphatic rings. The minimum Gasteiger partial charge on any atom is -0.451 e. The van der Waals surface area contributed by atoms with Crippen molar-refractivity contribution in [2.75, 3.05) is 0 Å². The lowest BCUT2D eigenvalue weighted by Gasteiger charge is -2.02. The Morgan fingerprint density at radius 3 is 2.87 bits per heavy atom. The van der Waals surface area contributed by atoms with E-state index in [4.69, 9.17) is 13.7 Å². The number of ether oxygens (including phenoxy) is 1. The van der Waals surface area contributed by atoms with Crippen molar-refractivity contribution >= 4 is 17.3 Å². The van der Waals surface area contributed by atoms with E-state index in [0.717, 1.165) is 5.56 Å². The quantitative estimate of drug-likeness (QED) is 0.366. The van der Waals surface area contributed by atoms with Gasteiger partial charge in [0.05, 0.1) is 5.69 Å². The van der Waals surface area contributed by atoms with Gasteiger partial charge in [-0.05, 0) is 28.8 Å². The third-order valence-electron chi connectivity index (χ3n) is 4.34. The summed E-state index contributed by atoms with van der Waals surface area (Å²) in [5.74, 6) is 0.361. The molecule has 0 spiro atoms. The predicted octanol–water partition coefficient (Wildman–Crippen LogP) is 3.09. The Labute approximate surface area is 178 Å². The molecule has 0 aliphatic heterocycles. The average Bonchev–Trinajstić information content (AvgIpc) is 3.59. The first-order chi connectivity index (χ1) is 15.2. The van der Waals surface area contributed by atoms with Crippen LogP contribution < -0.4 is 0 Å². The molecule has 0 bridgehead atoms. The van der Waals surface area contributed by atoms with Crippen LogP contribution >= 0.6 is 11.3 Å². The van der Waals surface area contributed by atoms with Crippen LogP contribution in [0.25, 0.3) is 28.4 Å². The fourth-order valence-electron chi connectivity index (χ4n) is 2.93. The Morgan fingerprint density at radius 2 is 2.06 bits per heavy atom. The Bertz CT molecular complexity index is 1320. The van der Waals surface area contributed by atoms with Crippen LogP contribution in [0, 0.1) is 6.92 Å². The second-order valence-corrected chi connectivity index (χ2v) is 7.21. The Morgan fingerprint density at radius 1 is 1.19 bits per heavy atom. The first-order valence-corrected chi connectivity index (χ1v) is 9.91. The summed E-state index contributed by atoms with van der Waals surface area (Å²) in [5.41, 5.74) is 2.57. The molecule has 0 unspecified atom stereocenters. The van der Waals surface area contributed by atoms with Gasteiger partial charge in [0.15, 0.2) is 6.61 Å². The topological polar surface area (TPSA) is 135 Å². The van der Waals surface area contributed by atoms with Crippen LogP contribution in [-0.2, 0) is 11.3 Å². The number of thiophene rings is 1. The van der Waals surface area contributed by atoms with Crippen LogP contribution in [0.5, 0.6) is 0 Å². The van der Waals surface area contributed by atoms with E-state index in [1.807, 2.05) is 30.3 Å². The van der Waals surface area contributed by atoms with E-state index in [2.05, 4.69) is 30.9 Å². The number of nitrogens with zero attached hydrogens (tertiary/aromatic N) is 7. The van der Waals surface area contributed by atoms with Gasteiger partial charge in [0, 0.05) is 5.56 Å². The van der Waals surface area contributed by atoms with Gasteiger partial charge >= 0.3 is 5.97 Å². The molecule has 0 fully saturated rings. The van der Waals surface area contributed by atoms with E-state index in [9.17, 15) is 4.79 Å². The van der Waals surface area contributed by atoms with Crippen LogP contribution in [0.2, 0.25) is 0 Å². The molecule has 0 saturated carbocycles. The monoisotopic (exact) mass is 435 g/mol. The number of hydrogen-bond acceptors (Lipinski definition) is 11. The van der Waals surface area contributed by atoms with E-state index < -0.39 is 5.97 Å². The number of carbonyl (C=O) groups excluding carboxylic acids is 1. The normalized spacial score (nSPS) is 11.0. The zero-order valence-electron chi connectivity index (χ0n) is 16.0. The SMILES string of the molecule is Cc1onc(-c2ccccc2)c1-c1nnc(COC(=O)c2sccc2-n2cnnn2)o1. The fraction of sp³-hybridized carbons (Fsp3) is 0.105. The number of benzene rings is 1. The molecule has 154 valence electrons. The van der Waals surface area contributed by atoms with Gasteiger partial charge in [-0.1, -0.05) is 35.5 Å². The average molecular weight is 435 g/mol. The molecule has 0 radical (unpaired) electrons. The van der Waals surface area contributed by atoms with Crippen molar-refractivity contribution in [1.29, 1.82) is 0 Å². The lowest BCUT2D eigenvalue weighted by Crippen LogP contribution is -2.07. The smallest absolute Gasteiger partial charge is 0.351 e. The molecule has 0 saturated heterocycles. The molecule has 0 atom stereocenters. The minimum atomic E-state index is -0.550. The summed E-state index contributed by atoms with van der Waals surface area (Å²) in [7, 11) is 0. The maximum atomic E-state index is 12.5. The zero-order valence-corrected chi connectivity index (χ0v) is 16.8. The van der Waals surface area contributed by atoms with Gasteiger partial charge in [0.2, 0.25) is 0 Å². The van der Waals surface area contributed by atoms with Crippen molar-refractivity contribution in [3.05, 3.63) is 64.6 Å². The third kappa shape index (κ3) is 3.59. The van der Waals surface area contributed by atoms with E-state index >= 15 is 0 Å². The van der Waals surface area contributed by atoms with Crippen molar-refractivity contribution in [1.82, 2.24) is 35.6 Å². The number of carbonyl (C=O) groups is 1. The molecule has 11 nitrogen and oxygen atoms in total. The summed E-state index contributed by atoms with van der Waals surface area (Å²) in [6, 6.07) is 11.2. The van der Waals surface area contributed by atoms with Crippen LogP contribution in [0.4, 0.5) is 0 Å². The number of rotatable bonds is 6. The highest BCUT2D eigenvalue weighted by atomic mass is 32.1. The molecular weight excluding hydrogens is 422 g/mol. The molecule has 0 N–H and O–H groups in total. The Kier molecular flexibility index (Phi) is 4.80. The summed E-state index contributed by atoms with van der Waals surface area (Å²) < 4.78 is 17.8. The standard InChI is InChI=1S/C19H13N7O4S/c1-11-15(16(23-30-11)12-5-3-2-4-6-12)18-22-21-14(29-18)9-28-19(27)17-13(7-8-31-17)26-10-20-24-25-26/h2-8,10H,9H2,1H3. The molecular formula is C19H13N7O4S. The summed E-state index contributed by atoms with van der Waals surface area (Å²) in [6.45, 7) is 1.57. The number of tetrazole rings is 1. The Hall–Kier alpha value is -4.19. The van der Waals surface area contributed by atoms with Gasteiger partial charge in [-0.25, -0.2) is 4.79 Å². The second-order valence-electron chi connectivity index (χ2n) is 6.29. The number of aryl methyl sites for hydroxylation is 1. The predicted molar refractivity (Wildman–Crippen MR) is 106 cm³/mol. The highest BCUT2D eigenvalue weighted by molar-refractivity contribution is 7.12. The highest BCUT2D eigenvalue weighted by Gasteiger charge is 2.23. The lowest BCUT2D eigenvalue weighted by atomic mass is 10.1. The van der Waals surface area contributed by atoms with Gasteiger partial charge in [-0.3, -0.25) is 0 Å². The summed E-state index contributed by atoms with van der Waals surface area (Å²) in [6.07, 6.45) is 1.40. The fourth-order valence-corrected chi connectivity index (χ4v) is 3.70. The number of hydrogen-bond donors (Lipinski definition) is 0. The molecule has 12 heteroatoms. The van der Waals surface area contributed by atoms with Gasteiger partial charge in [-0.2, -0.15) is 4.68 Å². The molecule has 5 rings (SSSR count). The van der Waals surface area contributed by atoms with Gasteiger partial charge in [0.25, 0.3) is 11.8 Å². The lowest BCUT2D eigenvalue weighted by molar-refractivity contribution is 0.0444. The Balaban J connectivity index is 1.34.